The topological polar surface area (TPSA) is 40.6 Å². The van der Waals surface area contributed by atoms with Gasteiger partial charge in [0.25, 0.3) is 5.91 Å². The van der Waals surface area contributed by atoms with E-state index in [1.54, 1.807) is 4.90 Å². The van der Waals surface area contributed by atoms with Crippen molar-refractivity contribution in [3.63, 3.8) is 0 Å². The van der Waals surface area contributed by atoms with Crippen molar-refractivity contribution in [2.24, 2.45) is 0 Å². The van der Waals surface area contributed by atoms with Gasteiger partial charge in [-0.1, -0.05) is 60.7 Å². The fourth-order valence-corrected chi connectivity index (χ4v) is 5.10. The first-order chi connectivity index (χ1) is 13.5. The predicted molar refractivity (Wildman–Crippen MR) is 120 cm³/mol. The zero-order chi connectivity index (χ0) is 20.1. The molecule has 1 atom stereocenters. The summed E-state index contributed by atoms with van der Waals surface area (Å²) in [7, 11) is 0. The third kappa shape index (κ3) is 5.03. The summed E-state index contributed by atoms with van der Waals surface area (Å²) in [6.45, 7) is 5.57. The van der Waals surface area contributed by atoms with Gasteiger partial charge in [0.05, 0.1) is 4.91 Å². The molecule has 150 valence electrons. The molecule has 1 aromatic rings. The van der Waals surface area contributed by atoms with Crippen LogP contribution in [0.15, 0.2) is 29.2 Å². The SMILES string of the molecule is CCC1CCCCN1C(=O)CCCN1C(=O)/C(=C\c2ccc(C)cc2)SC1=S. The van der Waals surface area contributed by atoms with Gasteiger partial charge in [0.1, 0.15) is 4.32 Å². The number of piperidine rings is 1. The Morgan fingerprint density at radius 1 is 1.29 bits per heavy atom. The van der Waals surface area contributed by atoms with Gasteiger partial charge in [-0.3, -0.25) is 14.5 Å². The first-order valence-corrected chi connectivity index (χ1v) is 11.3. The normalized spacial score (nSPS) is 21.6. The van der Waals surface area contributed by atoms with Crippen molar-refractivity contribution in [3.05, 3.63) is 40.3 Å². The van der Waals surface area contributed by atoms with Crippen LogP contribution in [0, 0.1) is 6.92 Å². The summed E-state index contributed by atoms with van der Waals surface area (Å²) in [5, 5.41) is 0. The maximum Gasteiger partial charge on any atom is 0.266 e. The fourth-order valence-electron chi connectivity index (χ4n) is 3.79. The lowest BCUT2D eigenvalue weighted by Crippen LogP contribution is -2.43. The molecule has 2 heterocycles. The van der Waals surface area contributed by atoms with Gasteiger partial charge in [-0.2, -0.15) is 0 Å². The minimum absolute atomic E-state index is 0.0487. The van der Waals surface area contributed by atoms with Gasteiger partial charge < -0.3 is 4.90 Å². The number of likely N-dealkylation sites (tertiary alicyclic amines) is 1. The summed E-state index contributed by atoms with van der Waals surface area (Å²) >= 11 is 6.75. The lowest BCUT2D eigenvalue weighted by atomic mass is 9.99. The standard InChI is InChI=1S/C22H28N2O2S2/c1-3-18-7-4-5-13-23(18)20(25)8-6-14-24-21(26)19(28-22(24)27)15-17-11-9-16(2)10-12-17/h9-12,15,18H,3-8,13-14H2,1-2H3/b19-15+. The van der Waals surface area contributed by atoms with Crippen LogP contribution in [0.5, 0.6) is 0 Å². The van der Waals surface area contributed by atoms with Crippen LogP contribution in [0.2, 0.25) is 0 Å². The van der Waals surface area contributed by atoms with Crippen LogP contribution < -0.4 is 0 Å². The summed E-state index contributed by atoms with van der Waals surface area (Å²) in [6, 6.07) is 8.45. The third-order valence-electron chi connectivity index (χ3n) is 5.44. The van der Waals surface area contributed by atoms with Gasteiger partial charge in [-0.15, -0.1) is 0 Å². The molecule has 0 saturated carbocycles. The van der Waals surface area contributed by atoms with Crippen molar-refractivity contribution in [2.75, 3.05) is 13.1 Å². The Balaban J connectivity index is 1.54. The molecular weight excluding hydrogens is 388 g/mol. The van der Waals surface area contributed by atoms with E-state index in [0.717, 1.165) is 31.4 Å². The van der Waals surface area contributed by atoms with E-state index >= 15 is 0 Å². The Hall–Kier alpha value is -1.66. The van der Waals surface area contributed by atoms with Crippen LogP contribution >= 0.6 is 24.0 Å². The number of thiocarbonyl (C=S) groups is 1. The predicted octanol–water partition coefficient (Wildman–Crippen LogP) is 4.77. The summed E-state index contributed by atoms with van der Waals surface area (Å²) < 4.78 is 0.584. The van der Waals surface area contributed by atoms with Crippen LogP contribution in [0.25, 0.3) is 6.08 Å². The zero-order valence-electron chi connectivity index (χ0n) is 16.6. The summed E-state index contributed by atoms with van der Waals surface area (Å²) in [5.74, 6) is 0.166. The fraction of sp³-hybridized carbons (Fsp3) is 0.500. The maximum absolute atomic E-state index is 12.7. The number of carbonyl (C=O) groups excluding carboxylic acids is 2. The molecule has 6 heteroatoms. The molecule has 2 aliphatic heterocycles. The van der Waals surface area contributed by atoms with E-state index in [2.05, 4.69) is 6.92 Å². The molecule has 0 aromatic heterocycles. The lowest BCUT2D eigenvalue weighted by molar-refractivity contribution is -0.135. The van der Waals surface area contributed by atoms with E-state index in [1.165, 1.54) is 23.7 Å². The third-order valence-corrected chi connectivity index (χ3v) is 6.82. The first-order valence-electron chi connectivity index (χ1n) is 10.1. The molecule has 0 aliphatic carbocycles. The molecule has 0 radical (unpaired) electrons. The molecule has 0 N–H and O–H groups in total. The van der Waals surface area contributed by atoms with Crippen molar-refractivity contribution in [3.8, 4) is 0 Å². The number of amides is 2. The lowest BCUT2D eigenvalue weighted by Gasteiger charge is -2.35. The Bertz CT molecular complexity index is 773. The van der Waals surface area contributed by atoms with E-state index in [1.807, 2.05) is 42.2 Å². The van der Waals surface area contributed by atoms with E-state index in [9.17, 15) is 9.59 Å². The van der Waals surface area contributed by atoms with E-state index in [0.29, 0.717) is 34.7 Å². The van der Waals surface area contributed by atoms with E-state index < -0.39 is 0 Å². The van der Waals surface area contributed by atoms with Gasteiger partial charge >= 0.3 is 0 Å². The average Bonchev–Trinajstić information content (AvgIpc) is 2.96. The number of rotatable bonds is 6. The second kappa shape index (κ2) is 9.70. The summed E-state index contributed by atoms with van der Waals surface area (Å²) in [6.07, 6.45) is 7.46. The second-order valence-electron chi connectivity index (χ2n) is 7.49. The molecule has 0 spiro atoms. The number of benzene rings is 1. The van der Waals surface area contributed by atoms with Crippen molar-refractivity contribution < 1.29 is 9.59 Å². The minimum atomic E-state index is -0.0487. The Labute approximate surface area is 177 Å². The van der Waals surface area contributed by atoms with Crippen LogP contribution in [0.1, 0.15) is 56.6 Å². The molecule has 2 amide bonds. The molecule has 4 nitrogen and oxygen atoms in total. The summed E-state index contributed by atoms with van der Waals surface area (Å²) in [5.41, 5.74) is 2.19. The van der Waals surface area contributed by atoms with Crippen LogP contribution in [0.3, 0.4) is 0 Å². The number of hydrogen-bond donors (Lipinski definition) is 0. The molecule has 28 heavy (non-hydrogen) atoms. The van der Waals surface area contributed by atoms with Crippen molar-refractivity contribution in [1.29, 1.82) is 0 Å². The number of aryl methyl sites for hydroxylation is 1. The van der Waals surface area contributed by atoms with Gasteiger partial charge in [0, 0.05) is 25.6 Å². The molecule has 0 bridgehead atoms. The smallest absolute Gasteiger partial charge is 0.266 e. The Morgan fingerprint density at radius 2 is 2.04 bits per heavy atom. The highest BCUT2D eigenvalue weighted by atomic mass is 32.2. The van der Waals surface area contributed by atoms with Gasteiger partial charge in [0.15, 0.2) is 0 Å². The molecule has 3 rings (SSSR count). The molecule has 2 fully saturated rings. The van der Waals surface area contributed by atoms with Crippen molar-refractivity contribution >= 4 is 46.2 Å². The number of hydrogen-bond acceptors (Lipinski definition) is 4. The maximum atomic E-state index is 12.7. The van der Waals surface area contributed by atoms with Gasteiger partial charge in [-0.05, 0) is 50.7 Å². The van der Waals surface area contributed by atoms with E-state index in [4.69, 9.17) is 12.2 Å². The molecule has 2 saturated heterocycles. The van der Waals surface area contributed by atoms with Crippen molar-refractivity contribution in [2.45, 2.75) is 58.4 Å². The van der Waals surface area contributed by atoms with Crippen LogP contribution in [-0.2, 0) is 9.59 Å². The largest absolute Gasteiger partial charge is 0.340 e. The quantitative estimate of drug-likeness (QED) is 0.495. The minimum Gasteiger partial charge on any atom is -0.340 e. The summed E-state index contributed by atoms with van der Waals surface area (Å²) in [4.78, 5) is 29.7. The zero-order valence-corrected chi connectivity index (χ0v) is 18.3. The first kappa shape index (κ1) is 21.1. The molecule has 1 unspecified atom stereocenters. The number of carbonyl (C=O) groups is 2. The van der Waals surface area contributed by atoms with Crippen molar-refractivity contribution in [1.82, 2.24) is 9.80 Å². The Morgan fingerprint density at radius 3 is 2.75 bits per heavy atom. The highest BCUT2D eigenvalue weighted by Gasteiger charge is 2.32. The highest BCUT2D eigenvalue weighted by molar-refractivity contribution is 8.26. The number of nitrogens with zero attached hydrogens (tertiary/aromatic N) is 2. The molecule has 1 aromatic carbocycles. The van der Waals surface area contributed by atoms with Gasteiger partial charge in [-0.25, -0.2) is 0 Å². The monoisotopic (exact) mass is 416 g/mol. The van der Waals surface area contributed by atoms with Crippen LogP contribution in [-0.4, -0.2) is 45.1 Å². The second-order valence-corrected chi connectivity index (χ2v) is 9.17. The average molecular weight is 417 g/mol. The number of thioether (sulfide) groups is 1. The van der Waals surface area contributed by atoms with E-state index in [-0.39, 0.29) is 11.8 Å². The molecule has 2 aliphatic rings. The Kier molecular flexibility index (Phi) is 7.30. The highest BCUT2D eigenvalue weighted by Crippen LogP contribution is 2.32. The van der Waals surface area contributed by atoms with Gasteiger partial charge in [0.2, 0.25) is 5.91 Å². The van der Waals surface area contributed by atoms with Crippen LogP contribution in [0.4, 0.5) is 0 Å². The molecular formula is C22H28N2O2S2.